The fourth-order valence-corrected chi connectivity index (χ4v) is 4.42. The molecule has 0 saturated carbocycles. The third-order valence-electron chi connectivity index (χ3n) is 6.19. The molecule has 3 aromatic rings. The van der Waals surface area contributed by atoms with Crippen LogP contribution in [-0.4, -0.2) is 51.7 Å². The minimum Gasteiger partial charge on any atom is -0.481 e. The fraction of sp³-hybridized carbons (Fsp3) is 0.308. The Hall–Kier alpha value is -4.14. The van der Waals surface area contributed by atoms with Crippen LogP contribution in [0.25, 0.3) is 11.1 Å². The Kier molecular flexibility index (Phi) is 7.45. The van der Waals surface area contributed by atoms with E-state index in [0.29, 0.717) is 12.1 Å². The Morgan fingerprint density at radius 2 is 1.71 bits per heavy atom. The molecule has 35 heavy (non-hydrogen) atoms. The second-order valence-corrected chi connectivity index (χ2v) is 8.52. The predicted octanol–water partition coefficient (Wildman–Crippen LogP) is 3.23. The van der Waals surface area contributed by atoms with Crippen LogP contribution in [0, 0.1) is 0 Å². The molecule has 1 aliphatic carbocycles. The van der Waals surface area contributed by atoms with Crippen LogP contribution in [0.3, 0.4) is 0 Å². The Bertz CT molecular complexity index is 1150. The SMILES string of the molecule is CCC(CC(=O)O)NC(=O)[C@H](Cc1cnc[nH]1)NC(=O)OCC1c2ccccc2-c2ccccc21. The summed E-state index contributed by atoms with van der Waals surface area (Å²) >= 11 is 0. The second kappa shape index (κ2) is 10.9. The molecule has 1 unspecified atom stereocenters. The Morgan fingerprint density at radius 3 is 2.29 bits per heavy atom. The number of nitrogens with one attached hydrogen (secondary N) is 3. The van der Waals surface area contributed by atoms with Crippen LogP contribution in [0.1, 0.15) is 42.5 Å². The number of imidazole rings is 1. The van der Waals surface area contributed by atoms with Gasteiger partial charge in [-0.25, -0.2) is 9.78 Å². The van der Waals surface area contributed by atoms with E-state index in [1.54, 1.807) is 13.1 Å². The van der Waals surface area contributed by atoms with Crippen molar-refractivity contribution in [3.05, 3.63) is 77.9 Å². The number of aromatic nitrogens is 2. The first-order valence-corrected chi connectivity index (χ1v) is 11.6. The van der Waals surface area contributed by atoms with Crippen molar-refractivity contribution in [3.63, 3.8) is 0 Å². The van der Waals surface area contributed by atoms with Gasteiger partial charge in [0.2, 0.25) is 5.91 Å². The number of carboxylic acids is 1. The molecule has 2 amide bonds. The average Bonchev–Trinajstić information content (AvgIpc) is 3.47. The van der Waals surface area contributed by atoms with E-state index in [9.17, 15) is 14.4 Å². The van der Waals surface area contributed by atoms with Crippen molar-refractivity contribution in [1.82, 2.24) is 20.6 Å². The molecule has 182 valence electrons. The number of carbonyl (C=O) groups excluding carboxylic acids is 2. The summed E-state index contributed by atoms with van der Waals surface area (Å²) in [5, 5.41) is 14.4. The van der Waals surface area contributed by atoms with Crippen LogP contribution in [0.5, 0.6) is 0 Å². The highest BCUT2D eigenvalue weighted by Gasteiger charge is 2.30. The fourth-order valence-electron chi connectivity index (χ4n) is 4.42. The number of amides is 2. The monoisotopic (exact) mass is 476 g/mol. The molecule has 1 heterocycles. The van der Waals surface area contributed by atoms with E-state index in [0.717, 1.165) is 22.3 Å². The van der Waals surface area contributed by atoms with Crippen LogP contribution in [0.15, 0.2) is 61.1 Å². The Balaban J connectivity index is 1.43. The van der Waals surface area contributed by atoms with Gasteiger partial charge in [0.15, 0.2) is 0 Å². The van der Waals surface area contributed by atoms with Gasteiger partial charge in [0.1, 0.15) is 12.6 Å². The first-order chi connectivity index (χ1) is 17.0. The lowest BCUT2D eigenvalue weighted by Gasteiger charge is -2.22. The highest BCUT2D eigenvalue weighted by molar-refractivity contribution is 5.86. The van der Waals surface area contributed by atoms with Crippen LogP contribution in [0.2, 0.25) is 0 Å². The molecule has 2 atom stereocenters. The number of carbonyl (C=O) groups is 3. The smallest absolute Gasteiger partial charge is 0.407 e. The van der Waals surface area contributed by atoms with Crippen molar-refractivity contribution >= 4 is 18.0 Å². The minimum atomic E-state index is -1.01. The van der Waals surface area contributed by atoms with Gasteiger partial charge >= 0.3 is 12.1 Å². The summed E-state index contributed by atoms with van der Waals surface area (Å²) in [6, 6.07) is 14.6. The van der Waals surface area contributed by atoms with E-state index in [1.165, 1.54) is 6.33 Å². The number of ether oxygens (including phenoxy) is 1. The number of fused-ring (bicyclic) bond motifs is 3. The van der Waals surface area contributed by atoms with Crippen molar-refractivity contribution in [2.24, 2.45) is 0 Å². The van der Waals surface area contributed by atoms with Gasteiger partial charge in [-0.05, 0) is 28.7 Å². The normalized spacial score (nSPS) is 13.9. The molecule has 4 rings (SSSR count). The van der Waals surface area contributed by atoms with Gasteiger partial charge in [0.05, 0.1) is 12.7 Å². The van der Waals surface area contributed by atoms with Gasteiger partial charge in [-0.3, -0.25) is 9.59 Å². The highest BCUT2D eigenvalue weighted by Crippen LogP contribution is 2.44. The molecule has 0 aliphatic heterocycles. The molecule has 4 N–H and O–H groups in total. The Morgan fingerprint density at radius 1 is 1.06 bits per heavy atom. The van der Waals surface area contributed by atoms with E-state index in [2.05, 4.69) is 32.7 Å². The molecule has 0 saturated heterocycles. The van der Waals surface area contributed by atoms with Crippen LogP contribution >= 0.6 is 0 Å². The zero-order valence-corrected chi connectivity index (χ0v) is 19.4. The highest BCUT2D eigenvalue weighted by atomic mass is 16.5. The largest absolute Gasteiger partial charge is 0.481 e. The topological polar surface area (TPSA) is 133 Å². The molecule has 2 aromatic carbocycles. The first kappa shape index (κ1) is 24.0. The summed E-state index contributed by atoms with van der Waals surface area (Å²) in [7, 11) is 0. The summed E-state index contributed by atoms with van der Waals surface area (Å²) in [5.41, 5.74) is 5.08. The van der Waals surface area contributed by atoms with Crippen LogP contribution in [0.4, 0.5) is 4.79 Å². The number of rotatable bonds is 10. The van der Waals surface area contributed by atoms with Crippen LogP contribution in [-0.2, 0) is 20.7 Å². The zero-order chi connectivity index (χ0) is 24.8. The molecular formula is C26H28N4O5. The molecule has 0 radical (unpaired) electrons. The van der Waals surface area contributed by atoms with Crippen molar-refractivity contribution < 1.29 is 24.2 Å². The average molecular weight is 477 g/mol. The molecule has 1 aliphatic rings. The number of hydrogen-bond acceptors (Lipinski definition) is 5. The molecule has 9 heteroatoms. The van der Waals surface area contributed by atoms with Gasteiger partial charge in [0, 0.05) is 30.3 Å². The van der Waals surface area contributed by atoms with E-state index in [-0.39, 0.29) is 25.4 Å². The summed E-state index contributed by atoms with van der Waals surface area (Å²) in [6.07, 6.45) is 2.71. The van der Waals surface area contributed by atoms with Gasteiger partial charge in [-0.15, -0.1) is 0 Å². The quantitative estimate of drug-likeness (QED) is 0.355. The van der Waals surface area contributed by atoms with Crippen molar-refractivity contribution in [1.29, 1.82) is 0 Å². The predicted molar refractivity (Wildman–Crippen MR) is 129 cm³/mol. The molecular weight excluding hydrogens is 448 g/mol. The van der Waals surface area contributed by atoms with Gasteiger partial charge in [-0.1, -0.05) is 55.5 Å². The molecule has 0 fully saturated rings. The first-order valence-electron chi connectivity index (χ1n) is 11.6. The van der Waals surface area contributed by atoms with E-state index in [4.69, 9.17) is 9.84 Å². The van der Waals surface area contributed by atoms with Crippen LogP contribution < -0.4 is 10.6 Å². The third-order valence-corrected chi connectivity index (χ3v) is 6.19. The summed E-state index contributed by atoms with van der Waals surface area (Å²) in [5.74, 6) is -1.60. The minimum absolute atomic E-state index is 0.104. The van der Waals surface area contributed by atoms with Gasteiger partial charge < -0.3 is 25.5 Å². The maximum Gasteiger partial charge on any atom is 0.407 e. The van der Waals surface area contributed by atoms with Crippen molar-refractivity contribution in [3.8, 4) is 11.1 Å². The third kappa shape index (κ3) is 5.68. The lowest BCUT2D eigenvalue weighted by molar-refractivity contribution is -0.137. The Labute approximate surface area is 202 Å². The number of nitrogens with zero attached hydrogens (tertiary/aromatic N) is 1. The van der Waals surface area contributed by atoms with Gasteiger partial charge in [-0.2, -0.15) is 0 Å². The maximum atomic E-state index is 12.9. The maximum absolute atomic E-state index is 12.9. The lowest BCUT2D eigenvalue weighted by atomic mass is 9.98. The number of benzene rings is 2. The lowest BCUT2D eigenvalue weighted by Crippen LogP contribution is -2.51. The molecule has 0 spiro atoms. The van der Waals surface area contributed by atoms with E-state index in [1.807, 2.05) is 36.4 Å². The number of carboxylic acid groups (broad SMARTS) is 1. The van der Waals surface area contributed by atoms with Crippen molar-refractivity contribution in [2.45, 2.75) is 44.2 Å². The summed E-state index contributed by atoms with van der Waals surface area (Å²) in [4.78, 5) is 43.7. The molecule has 1 aromatic heterocycles. The number of aromatic amines is 1. The standard InChI is InChI=1S/C26H28N4O5/c1-2-16(12-24(31)32)29-25(33)23(11-17-13-27-15-28-17)30-26(34)35-14-22-20-9-5-3-7-18(20)19-8-4-6-10-21(19)22/h3-10,13,15-16,22-23H,2,11-12,14H2,1H3,(H,27,28)(H,29,33)(H,30,34)(H,31,32)/t16?,23-/m0/s1. The number of H-pyrrole nitrogens is 1. The number of aliphatic carboxylic acids is 1. The second-order valence-electron chi connectivity index (χ2n) is 8.52. The van der Waals surface area contributed by atoms with E-state index >= 15 is 0 Å². The molecule has 0 bridgehead atoms. The number of alkyl carbamates (subject to hydrolysis) is 1. The summed E-state index contributed by atoms with van der Waals surface area (Å²) in [6.45, 7) is 1.91. The number of hydrogen-bond donors (Lipinski definition) is 4. The molecule has 9 nitrogen and oxygen atoms in total. The van der Waals surface area contributed by atoms with Gasteiger partial charge in [0.25, 0.3) is 0 Å². The zero-order valence-electron chi connectivity index (χ0n) is 19.4. The summed E-state index contributed by atoms with van der Waals surface area (Å²) < 4.78 is 5.59. The van der Waals surface area contributed by atoms with E-state index < -0.39 is 30.1 Å². The van der Waals surface area contributed by atoms with Crippen molar-refractivity contribution in [2.75, 3.05) is 6.61 Å².